The van der Waals surface area contributed by atoms with Crippen molar-refractivity contribution in [3.63, 3.8) is 0 Å². The van der Waals surface area contributed by atoms with Crippen molar-refractivity contribution < 1.29 is 0 Å². The summed E-state index contributed by atoms with van der Waals surface area (Å²) in [6.45, 7) is 13.8. The molecule has 2 nitrogen and oxygen atoms in total. The first kappa shape index (κ1) is 14.9. The topological polar surface area (TPSA) is 15.3 Å². The summed E-state index contributed by atoms with van der Waals surface area (Å²) in [5.41, 5.74) is 0.714. The molecule has 0 aliphatic carbocycles. The molecule has 2 aliphatic heterocycles. The lowest BCUT2D eigenvalue weighted by atomic mass is 9.73. The molecule has 15 heavy (non-hydrogen) atoms. The Morgan fingerprint density at radius 3 is 1.80 bits per heavy atom. The Bertz CT molecular complexity index is 152. The van der Waals surface area contributed by atoms with Gasteiger partial charge >= 0.3 is 0 Å². The van der Waals surface area contributed by atoms with Crippen molar-refractivity contribution in [1.29, 1.82) is 0 Å². The fraction of sp³-hybridized carbons (Fsp3) is 1.00. The van der Waals surface area contributed by atoms with Crippen LogP contribution in [0.1, 0.15) is 48.0 Å². The lowest BCUT2D eigenvalue weighted by Gasteiger charge is -2.49. The number of piperidine rings is 1. The third kappa shape index (κ3) is 3.46. The summed E-state index contributed by atoms with van der Waals surface area (Å²) in [5, 5.41) is 3.40. The predicted molar refractivity (Wildman–Crippen MR) is 69.3 cm³/mol. The molecule has 0 aromatic rings. The highest BCUT2D eigenvalue weighted by Crippen LogP contribution is 2.35. The first-order valence-electron chi connectivity index (χ1n) is 6.17. The normalized spacial score (nSPS) is 23.8. The lowest BCUT2D eigenvalue weighted by Crippen LogP contribution is -2.58. The average Bonchev–Trinajstić information content (AvgIpc) is 2.19. The van der Waals surface area contributed by atoms with E-state index in [0.29, 0.717) is 5.41 Å². The van der Waals surface area contributed by atoms with Gasteiger partial charge in [0.25, 0.3) is 0 Å². The zero-order valence-electron chi connectivity index (χ0n) is 10.3. The molecule has 0 radical (unpaired) electrons. The van der Waals surface area contributed by atoms with Crippen LogP contribution < -0.4 is 5.32 Å². The Morgan fingerprint density at radius 2 is 1.53 bits per heavy atom. The molecule has 0 bridgehead atoms. The maximum absolute atomic E-state index is 3.40. The zero-order valence-corrected chi connectivity index (χ0v) is 10.3. The van der Waals surface area contributed by atoms with Crippen molar-refractivity contribution in [1.82, 2.24) is 10.2 Å². The molecular weight excluding hydrogens is 184 g/mol. The highest BCUT2D eigenvalue weighted by molar-refractivity contribution is 4.96. The van der Waals surface area contributed by atoms with E-state index in [-0.39, 0.29) is 7.43 Å². The van der Waals surface area contributed by atoms with Gasteiger partial charge in [-0.15, -0.1) is 0 Å². The number of nitrogens with zero attached hydrogens (tertiary/aromatic N) is 1. The van der Waals surface area contributed by atoms with Crippen LogP contribution in [-0.4, -0.2) is 37.1 Å². The maximum atomic E-state index is 3.40. The van der Waals surface area contributed by atoms with Gasteiger partial charge in [-0.25, -0.2) is 0 Å². The minimum Gasteiger partial charge on any atom is -0.316 e. The molecular formula is C13H30N2. The van der Waals surface area contributed by atoms with Crippen LogP contribution >= 0.6 is 0 Å². The van der Waals surface area contributed by atoms with Gasteiger partial charge < -0.3 is 10.2 Å². The van der Waals surface area contributed by atoms with Crippen LogP contribution in [0.3, 0.4) is 0 Å². The van der Waals surface area contributed by atoms with E-state index in [4.69, 9.17) is 0 Å². The summed E-state index contributed by atoms with van der Waals surface area (Å²) in [4.78, 5) is 2.60. The molecule has 92 valence electrons. The third-order valence-electron chi connectivity index (χ3n) is 3.59. The van der Waals surface area contributed by atoms with Crippen LogP contribution in [0.15, 0.2) is 0 Å². The quantitative estimate of drug-likeness (QED) is 0.722. The van der Waals surface area contributed by atoms with Crippen LogP contribution in [0.2, 0.25) is 0 Å². The first-order valence-corrected chi connectivity index (χ1v) is 6.17. The van der Waals surface area contributed by atoms with Crippen molar-refractivity contribution in [3.8, 4) is 0 Å². The molecule has 2 rings (SSSR count). The molecule has 0 unspecified atom stereocenters. The number of rotatable bonds is 1. The van der Waals surface area contributed by atoms with Crippen molar-refractivity contribution in [3.05, 3.63) is 0 Å². The molecule has 2 aliphatic rings. The minimum atomic E-state index is 0. The summed E-state index contributed by atoms with van der Waals surface area (Å²) >= 11 is 0. The summed E-state index contributed by atoms with van der Waals surface area (Å²) in [5.74, 6) is 0. The smallest absolute Gasteiger partial charge is 0.00385 e. The van der Waals surface area contributed by atoms with E-state index in [9.17, 15) is 0 Å². The Balaban J connectivity index is 0.000000617. The van der Waals surface area contributed by atoms with Gasteiger partial charge in [-0.2, -0.15) is 0 Å². The minimum absolute atomic E-state index is 0. The molecule has 2 saturated heterocycles. The van der Waals surface area contributed by atoms with Gasteiger partial charge in [-0.05, 0) is 45.2 Å². The first-order chi connectivity index (χ1) is 6.72. The van der Waals surface area contributed by atoms with Crippen molar-refractivity contribution in [2.75, 3.05) is 26.2 Å². The summed E-state index contributed by atoms with van der Waals surface area (Å²) in [6, 6.07) is 0.746. The summed E-state index contributed by atoms with van der Waals surface area (Å²) in [6.07, 6.45) is 2.83. The molecule has 0 saturated carbocycles. The van der Waals surface area contributed by atoms with Gasteiger partial charge in [0.2, 0.25) is 0 Å². The SMILES string of the molecule is C.CC.CC(C)N1CCC2(CC1)CNC2. The highest BCUT2D eigenvalue weighted by Gasteiger charge is 2.39. The molecule has 0 aromatic carbocycles. The van der Waals surface area contributed by atoms with Crippen molar-refractivity contribution in [2.45, 2.75) is 54.0 Å². The van der Waals surface area contributed by atoms with Crippen LogP contribution in [0.25, 0.3) is 0 Å². The van der Waals surface area contributed by atoms with E-state index in [1.807, 2.05) is 13.8 Å². The Morgan fingerprint density at radius 1 is 1.07 bits per heavy atom. The van der Waals surface area contributed by atoms with Gasteiger partial charge in [0.1, 0.15) is 0 Å². The largest absolute Gasteiger partial charge is 0.316 e. The maximum Gasteiger partial charge on any atom is 0.00385 e. The highest BCUT2D eigenvalue weighted by atomic mass is 15.2. The summed E-state index contributed by atoms with van der Waals surface area (Å²) in [7, 11) is 0. The number of nitrogens with one attached hydrogen (secondary N) is 1. The van der Waals surface area contributed by atoms with E-state index in [1.165, 1.54) is 39.0 Å². The predicted octanol–water partition coefficient (Wildman–Crippen LogP) is 2.74. The van der Waals surface area contributed by atoms with Gasteiger partial charge in [0.05, 0.1) is 0 Å². The van der Waals surface area contributed by atoms with Gasteiger partial charge in [0.15, 0.2) is 0 Å². The van der Waals surface area contributed by atoms with Gasteiger partial charge in [-0.3, -0.25) is 0 Å². The number of hydrogen-bond donors (Lipinski definition) is 1. The standard InChI is InChI=1S/C10H20N2.C2H6.CH4/c1-9(2)12-5-3-10(4-6-12)7-11-8-10;1-2;/h9,11H,3-8H2,1-2H3;1-2H3;1H4. The van der Waals surface area contributed by atoms with Gasteiger partial charge in [0, 0.05) is 19.1 Å². The fourth-order valence-electron chi connectivity index (χ4n) is 2.35. The molecule has 2 fully saturated rings. The molecule has 1 N–H and O–H groups in total. The van der Waals surface area contributed by atoms with Crippen LogP contribution in [0, 0.1) is 5.41 Å². The second kappa shape index (κ2) is 6.49. The zero-order chi connectivity index (χ0) is 10.6. The van der Waals surface area contributed by atoms with Crippen LogP contribution in [0.5, 0.6) is 0 Å². The van der Waals surface area contributed by atoms with Gasteiger partial charge in [-0.1, -0.05) is 21.3 Å². The van der Waals surface area contributed by atoms with Crippen molar-refractivity contribution in [2.24, 2.45) is 5.41 Å². The summed E-state index contributed by atoms with van der Waals surface area (Å²) < 4.78 is 0. The number of likely N-dealkylation sites (tertiary alicyclic amines) is 1. The molecule has 2 heteroatoms. The molecule has 0 aromatic heterocycles. The molecule has 2 heterocycles. The van der Waals surface area contributed by atoms with E-state index < -0.39 is 0 Å². The van der Waals surface area contributed by atoms with E-state index in [2.05, 4.69) is 24.1 Å². The Labute approximate surface area is 96.4 Å². The average molecular weight is 214 g/mol. The lowest BCUT2D eigenvalue weighted by molar-refractivity contribution is 0.0418. The molecule has 0 amide bonds. The second-order valence-corrected chi connectivity index (χ2v) is 4.73. The monoisotopic (exact) mass is 214 g/mol. The Kier molecular flexibility index (Phi) is 6.46. The van der Waals surface area contributed by atoms with E-state index in [1.54, 1.807) is 0 Å². The second-order valence-electron chi connectivity index (χ2n) is 4.73. The molecule has 0 atom stereocenters. The number of hydrogen-bond acceptors (Lipinski definition) is 2. The third-order valence-corrected chi connectivity index (χ3v) is 3.59. The van der Waals surface area contributed by atoms with Crippen LogP contribution in [-0.2, 0) is 0 Å². The van der Waals surface area contributed by atoms with Crippen molar-refractivity contribution >= 4 is 0 Å². The van der Waals surface area contributed by atoms with Crippen LogP contribution in [0.4, 0.5) is 0 Å². The molecule has 1 spiro atoms. The van der Waals surface area contributed by atoms with E-state index >= 15 is 0 Å². The van der Waals surface area contributed by atoms with E-state index in [0.717, 1.165) is 6.04 Å². The fourth-order valence-corrected chi connectivity index (χ4v) is 2.35. The Hall–Kier alpha value is -0.0800.